The van der Waals surface area contributed by atoms with Gasteiger partial charge in [-0.2, -0.15) is 15.5 Å². The van der Waals surface area contributed by atoms with E-state index in [1.165, 1.54) is 0 Å². The lowest BCUT2D eigenvalue weighted by molar-refractivity contribution is -0.110. The van der Waals surface area contributed by atoms with Crippen molar-refractivity contribution in [3.8, 4) is 11.8 Å². The summed E-state index contributed by atoms with van der Waals surface area (Å²) in [5.74, 6) is 0.860. The third-order valence-corrected chi connectivity index (χ3v) is 4.93. The van der Waals surface area contributed by atoms with Crippen molar-refractivity contribution in [2.24, 2.45) is 0 Å². The lowest BCUT2D eigenvalue weighted by Crippen LogP contribution is -2.29. The summed E-state index contributed by atoms with van der Waals surface area (Å²) in [4.78, 5) is 11.2. The zero-order valence-corrected chi connectivity index (χ0v) is 14.8. The van der Waals surface area contributed by atoms with Crippen LogP contribution in [-0.2, 0) is 16.8 Å². The first-order chi connectivity index (χ1) is 12.7. The van der Waals surface area contributed by atoms with E-state index in [0.29, 0.717) is 6.42 Å². The Morgan fingerprint density at radius 3 is 2.92 bits per heavy atom. The van der Waals surface area contributed by atoms with Crippen molar-refractivity contribution < 1.29 is 9.53 Å². The maximum absolute atomic E-state index is 11.2. The standard InChI is InChI=1S/C20H22N4O2/c1-26-17-8-5-6-15(12-17)20(22-14-25)13-18(20)19-10-9-16(23-24-19)7-3-2-4-11-21/h5-6,8-10,12,14,18H,2-4,7,13H2,1H3,(H,22,25). The molecule has 1 aliphatic carbocycles. The molecular weight excluding hydrogens is 328 g/mol. The molecule has 6 nitrogen and oxygen atoms in total. The van der Waals surface area contributed by atoms with E-state index in [9.17, 15) is 4.79 Å². The molecule has 2 atom stereocenters. The van der Waals surface area contributed by atoms with E-state index >= 15 is 0 Å². The molecule has 1 saturated carbocycles. The highest BCUT2D eigenvalue weighted by molar-refractivity contribution is 5.55. The summed E-state index contributed by atoms with van der Waals surface area (Å²) < 4.78 is 5.30. The van der Waals surface area contributed by atoms with Crippen LogP contribution in [0.3, 0.4) is 0 Å². The second-order valence-electron chi connectivity index (χ2n) is 6.54. The van der Waals surface area contributed by atoms with Gasteiger partial charge >= 0.3 is 0 Å². The van der Waals surface area contributed by atoms with Gasteiger partial charge in [0.2, 0.25) is 6.41 Å². The fourth-order valence-electron chi connectivity index (χ4n) is 3.39. The maximum Gasteiger partial charge on any atom is 0.207 e. The molecule has 1 amide bonds. The number of methoxy groups -OCH3 is 1. The number of benzene rings is 1. The van der Waals surface area contributed by atoms with Crippen LogP contribution in [0.4, 0.5) is 0 Å². The van der Waals surface area contributed by atoms with Crippen molar-refractivity contribution in [2.75, 3.05) is 7.11 Å². The summed E-state index contributed by atoms with van der Waals surface area (Å²) in [6.45, 7) is 0. The first kappa shape index (κ1) is 17.9. The van der Waals surface area contributed by atoms with Gasteiger partial charge in [0.1, 0.15) is 5.75 Å². The van der Waals surface area contributed by atoms with E-state index in [1.807, 2.05) is 36.4 Å². The van der Waals surface area contributed by atoms with Crippen molar-refractivity contribution in [3.63, 3.8) is 0 Å². The number of unbranched alkanes of at least 4 members (excludes halogenated alkanes) is 2. The van der Waals surface area contributed by atoms with Crippen LogP contribution >= 0.6 is 0 Å². The van der Waals surface area contributed by atoms with Crippen LogP contribution in [0.1, 0.15) is 48.6 Å². The maximum atomic E-state index is 11.2. The quantitative estimate of drug-likeness (QED) is 0.555. The minimum absolute atomic E-state index is 0.0972. The molecule has 1 N–H and O–H groups in total. The zero-order chi connectivity index (χ0) is 18.4. The molecule has 0 spiro atoms. The Labute approximate surface area is 153 Å². The highest BCUT2D eigenvalue weighted by Gasteiger charge is 2.57. The number of carbonyl (C=O) groups is 1. The predicted molar refractivity (Wildman–Crippen MR) is 96.4 cm³/mol. The van der Waals surface area contributed by atoms with E-state index in [1.54, 1.807) is 7.11 Å². The topological polar surface area (TPSA) is 87.9 Å². The minimum Gasteiger partial charge on any atom is -0.497 e. The molecule has 0 radical (unpaired) electrons. The fourth-order valence-corrected chi connectivity index (χ4v) is 3.39. The Kier molecular flexibility index (Phi) is 5.47. The van der Waals surface area contributed by atoms with Gasteiger partial charge in [-0.3, -0.25) is 4.79 Å². The highest BCUT2D eigenvalue weighted by atomic mass is 16.5. The summed E-state index contributed by atoms with van der Waals surface area (Å²) >= 11 is 0. The van der Waals surface area contributed by atoms with Gasteiger partial charge in [0.25, 0.3) is 0 Å². The van der Waals surface area contributed by atoms with Crippen LogP contribution in [0.5, 0.6) is 5.75 Å². The lowest BCUT2D eigenvalue weighted by Gasteiger charge is -2.18. The first-order valence-electron chi connectivity index (χ1n) is 8.79. The Morgan fingerprint density at radius 2 is 2.23 bits per heavy atom. The lowest BCUT2D eigenvalue weighted by atomic mass is 10.0. The van der Waals surface area contributed by atoms with Gasteiger partial charge in [-0.25, -0.2) is 0 Å². The molecule has 134 valence electrons. The van der Waals surface area contributed by atoms with Gasteiger partial charge < -0.3 is 10.1 Å². The average molecular weight is 350 g/mol. The Balaban J connectivity index is 1.73. The summed E-state index contributed by atoms with van der Waals surface area (Å²) in [5, 5.41) is 20.2. The number of nitrogens with zero attached hydrogens (tertiary/aromatic N) is 3. The van der Waals surface area contributed by atoms with E-state index in [2.05, 4.69) is 21.6 Å². The first-order valence-corrected chi connectivity index (χ1v) is 8.79. The molecule has 3 rings (SSSR count). The van der Waals surface area contributed by atoms with Crippen LogP contribution in [-0.4, -0.2) is 23.7 Å². The van der Waals surface area contributed by atoms with Gasteiger partial charge in [-0.15, -0.1) is 0 Å². The van der Waals surface area contributed by atoms with E-state index in [4.69, 9.17) is 10.00 Å². The van der Waals surface area contributed by atoms with Crippen LogP contribution in [0.15, 0.2) is 36.4 Å². The number of ether oxygens (including phenoxy) is 1. The van der Waals surface area contributed by atoms with Crippen LogP contribution < -0.4 is 10.1 Å². The van der Waals surface area contributed by atoms with Gasteiger partial charge in [-0.1, -0.05) is 12.1 Å². The highest BCUT2D eigenvalue weighted by Crippen LogP contribution is 2.58. The molecule has 2 unspecified atom stereocenters. The van der Waals surface area contributed by atoms with Crippen molar-refractivity contribution in [1.29, 1.82) is 5.26 Å². The number of aryl methyl sites for hydroxylation is 1. The molecule has 1 aliphatic rings. The number of hydrogen-bond donors (Lipinski definition) is 1. The molecular formula is C20H22N4O2. The second-order valence-corrected chi connectivity index (χ2v) is 6.54. The normalized spacial score (nSPS) is 20.8. The number of amides is 1. The molecule has 0 bridgehead atoms. The fraction of sp³-hybridized carbons (Fsp3) is 0.400. The summed E-state index contributed by atoms with van der Waals surface area (Å²) in [6.07, 6.45) is 4.75. The molecule has 26 heavy (non-hydrogen) atoms. The molecule has 2 aromatic rings. The van der Waals surface area contributed by atoms with E-state index in [-0.39, 0.29) is 5.92 Å². The van der Waals surface area contributed by atoms with Crippen LogP contribution in [0.25, 0.3) is 0 Å². The average Bonchev–Trinajstić information content (AvgIpc) is 3.41. The summed E-state index contributed by atoms with van der Waals surface area (Å²) in [7, 11) is 1.63. The number of nitrogens with one attached hydrogen (secondary N) is 1. The predicted octanol–water partition coefficient (Wildman–Crippen LogP) is 2.85. The third kappa shape index (κ3) is 3.67. The van der Waals surface area contributed by atoms with Crippen molar-refractivity contribution in [3.05, 3.63) is 53.3 Å². The van der Waals surface area contributed by atoms with Gasteiger partial charge in [0.05, 0.1) is 30.1 Å². The Bertz CT molecular complexity index is 800. The van der Waals surface area contributed by atoms with Gasteiger partial charge in [-0.05, 0) is 55.5 Å². The van der Waals surface area contributed by atoms with Crippen molar-refractivity contribution >= 4 is 6.41 Å². The monoisotopic (exact) mass is 350 g/mol. The molecule has 1 fully saturated rings. The minimum atomic E-state index is -0.445. The molecule has 6 heteroatoms. The third-order valence-electron chi connectivity index (χ3n) is 4.93. The number of carbonyl (C=O) groups excluding carboxylic acids is 1. The molecule has 0 aliphatic heterocycles. The summed E-state index contributed by atoms with van der Waals surface area (Å²) in [5.41, 5.74) is 2.38. The van der Waals surface area contributed by atoms with E-state index < -0.39 is 5.54 Å². The zero-order valence-electron chi connectivity index (χ0n) is 14.8. The number of nitriles is 1. The van der Waals surface area contributed by atoms with Crippen molar-refractivity contribution in [1.82, 2.24) is 15.5 Å². The van der Waals surface area contributed by atoms with Crippen LogP contribution in [0, 0.1) is 11.3 Å². The molecule has 1 aromatic heterocycles. The molecule has 0 saturated heterocycles. The summed E-state index contributed by atoms with van der Waals surface area (Å²) in [6, 6.07) is 13.9. The second kappa shape index (κ2) is 7.96. The number of aromatic nitrogens is 2. The largest absolute Gasteiger partial charge is 0.497 e. The van der Waals surface area contributed by atoms with Gasteiger partial charge in [0.15, 0.2) is 0 Å². The Hall–Kier alpha value is -2.94. The van der Waals surface area contributed by atoms with E-state index in [0.717, 1.165) is 54.8 Å². The van der Waals surface area contributed by atoms with Gasteiger partial charge in [0, 0.05) is 12.3 Å². The molecule has 1 aromatic carbocycles. The van der Waals surface area contributed by atoms with Crippen LogP contribution in [0.2, 0.25) is 0 Å². The Morgan fingerprint density at radius 1 is 1.35 bits per heavy atom. The van der Waals surface area contributed by atoms with Crippen molar-refractivity contribution in [2.45, 2.75) is 43.6 Å². The SMILES string of the molecule is COc1cccc(C2(NC=O)CC2c2ccc(CCCCC#N)nn2)c1. The number of rotatable bonds is 9. The molecule has 1 heterocycles. The smallest absolute Gasteiger partial charge is 0.207 e. The number of hydrogen-bond acceptors (Lipinski definition) is 5.